The van der Waals surface area contributed by atoms with Crippen molar-refractivity contribution in [2.24, 2.45) is 5.41 Å². The van der Waals surface area contributed by atoms with E-state index in [1.54, 1.807) is 11.3 Å². The summed E-state index contributed by atoms with van der Waals surface area (Å²) in [6.45, 7) is 11.3. The molecule has 0 unspecified atom stereocenters. The van der Waals surface area contributed by atoms with E-state index in [0.29, 0.717) is 12.5 Å². The Bertz CT molecular complexity index is 598. The first kappa shape index (κ1) is 16.2. The van der Waals surface area contributed by atoms with Crippen molar-refractivity contribution >= 4 is 11.3 Å². The number of aliphatic hydroxyl groups excluding tert-OH is 1. The first-order valence-corrected chi connectivity index (χ1v) is 8.38. The van der Waals surface area contributed by atoms with Gasteiger partial charge < -0.3 is 5.11 Å². The molecule has 0 aromatic carbocycles. The minimum atomic E-state index is -0.208. The number of hydrogen-bond acceptors (Lipinski definition) is 4. The molecule has 0 aliphatic carbocycles. The third-order valence-electron chi connectivity index (χ3n) is 3.54. The number of hydrogen-bond donors (Lipinski definition) is 1. The van der Waals surface area contributed by atoms with Gasteiger partial charge in [-0.15, -0.1) is 11.3 Å². The highest BCUT2D eigenvalue weighted by atomic mass is 32.1. The first-order chi connectivity index (χ1) is 9.88. The Morgan fingerprint density at radius 3 is 2.67 bits per heavy atom. The Balaban J connectivity index is 2.48. The summed E-state index contributed by atoms with van der Waals surface area (Å²) in [5, 5.41) is 16.3. The van der Waals surface area contributed by atoms with Gasteiger partial charge in [-0.05, 0) is 23.4 Å². The van der Waals surface area contributed by atoms with Crippen LogP contribution in [0.25, 0.3) is 10.7 Å². The molecular formula is C16H25N3OS. The highest BCUT2D eigenvalue weighted by molar-refractivity contribution is 7.13. The lowest BCUT2D eigenvalue weighted by Crippen LogP contribution is -2.25. The lowest BCUT2D eigenvalue weighted by Gasteiger charge is -2.22. The molecule has 2 aromatic heterocycles. The SMILES string of the molecule is CCc1ccsc1-c1nc(C(C)C)nn1CC(C)(C)CO. The minimum absolute atomic E-state index is 0.133. The van der Waals surface area contributed by atoms with E-state index < -0.39 is 0 Å². The molecule has 0 aliphatic heterocycles. The molecule has 0 saturated carbocycles. The molecule has 5 heteroatoms. The van der Waals surface area contributed by atoms with Crippen molar-refractivity contribution in [1.29, 1.82) is 0 Å². The maximum absolute atomic E-state index is 9.53. The minimum Gasteiger partial charge on any atom is -0.396 e. The Morgan fingerprint density at radius 1 is 1.38 bits per heavy atom. The average Bonchev–Trinajstić information content (AvgIpc) is 3.03. The molecule has 0 atom stereocenters. The van der Waals surface area contributed by atoms with E-state index in [1.165, 1.54) is 10.4 Å². The monoisotopic (exact) mass is 307 g/mol. The number of rotatable bonds is 6. The van der Waals surface area contributed by atoms with E-state index >= 15 is 0 Å². The summed E-state index contributed by atoms with van der Waals surface area (Å²) in [4.78, 5) is 5.96. The van der Waals surface area contributed by atoms with Gasteiger partial charge >= 0.3 is 0 Å². The van der Waals surface area contributed by atoms with E-state index in [1.807, 2.05) is 18.5 Å². The van der Waals surface area contributed by atoms with Crippen molar-refractivity contribution in [2.45, 2.75) is 53.5 Å². The van der Waals surface area contributed by atoms with Crippen molar-refractivity contribution in [1.82, 2.24) is 14.8 Å². The lowest BCUT2D eigenvalue weighted by atomic mass is 9.95. The van der Waals surface area contributed by atoms with Crippen LogP contribution < -0.4 is 0 Å². The van der Waals surface area contributed by atoms with Crippen LogP contribution in [0.3, 0.4) is 0 Å². The summed E-state index contributed by atoms with van der Waals surface area (Å²) < 4.78 is 1.97. The zero-order valence-corrected chi connectivity index (χ0v) is 14.4. The molecule has 2 rings (SSSR count). The molecule has 0 amide bonds. The van der Waals surface area contributed by atoms with Crippen LogP contribution in [-0.4, -0.2) is 26.5 Å². The maximum Gasteiger partial charge on any atom is 0.168 e. The Hall–Kier alpha value is -1.20. The second-order valence-corrected chi connectivity index (χ2v) is 7.47. The molecule has 116 valence electrons. The highest BCUT2D eigenvalue weighted by Gasteiger charge is 2.23. The van der Waals surface area contributed by atoms with E-state index in [4.69, 9.17) is 4.98 Å². The topological polar surface area (TPSA) is 50.9 Å². The fourth-order valence-electron chi connectivity index (χ4n) is 2.15. The van der Waals surface area contributed by atoms with Crippen LogP contribution in [0.4, 0.5) is 0 Å². The van der Waals surface area contributed by atoms with Crippen molar-refractivity contribution in [2.75, 3.05) is 6.61 Å². The lowest BCUT2D eigenvalue weighted by molar-refractivity contribution is 0.137. The van der Waals surface area contributed by atoms with Gasteiger partial charge in [0, 0.05) is 17.9 Å². The zero-order chi connectivity index (χ0) is 15.6. The summed E-state index contributed by atoms with van der Waals surface area (Å²) in [7, 11) is 0. The van der Waals surface area contributed by atoms with Crippen molar-refractivity contribution in [3.63, 3.8) is 0 Å². The van der Waals surface area contributed by atoms with Crippen LogP contribution in [0.2, 0.25) is 0 Å². The molecular weight excluding hydrogens is 282 g/mol. The summed E-state index contributed by atoms with van der Waals surface area (Å²) in [6, 6.07) is 2.16. The number of thiophene rings is 1. The second-order valence-electron chi connectivity index (χ2n) is 6.56. The van der Waals surface area contributed by atoms with Crippen LogP contribution in [-0.2, 0) is 13.0 Å². The normalized spacial score (nSPS) is 12.3. The van der Waals surface area contributed by atoms with Gasteiger partial charge in [-0.25, -0.2) is 9.67 Å². The molecule has 4 nitrogen and oxygen atoms in total. The maximum atomic E-state index is 9.53. The van der Waals surface area contributed by atoms with Gasteiger partial charge in [-0.3, -0.25) is 0 Å². The van der Waals surface area contributed by atoms with Gasteiger partial charge in [0.2, 0.25) is 0 Å². The highest BCUT2D eigenvalue weighted by Crippen LogP contribution is 2.31. The Morgan fingerprint density at radius 2 is 2.10 bits per heavy atom. The van der Waals surface area contributed by atoms with Crippen molar-refractivity contribution in [3.8, 4) is 10.7 Å². The third-order valence-corrected chi connectivity index (χ3v) is 4.49. The fraction of sp³-hybridized carbons (Fsp3) is 0.625. The van der Waals surface area contributed by atoms with Gasteiger partial charge in [-0.1, -0.05) is 34.6 Å². The van der Waals surface area contributed by atoms with Crippen LogP contribution in [0, 0.1) is 5.41 Å². The number of aliphatic hydroxyl groups is 1. The third kappa shape index (κ3) is 3.52. The van der Waals surface area contributed by atoms with Gasteiger partial charge in [0.1, 0.15) is 0 Å². The van der Waals surface area contributed by atoms with Crippen LogP contribution in [0.15, 0.2) is 11.4 Å². The van der Waals surface area contributed by atoms with E-state index in [-0.39, 0.29) is 12.0 Å². The molecule has 0 fully saturated rings. The van der Waals surface area contributed by atoms with Gasteiger partial charge in [0.05, 0.1) is 11.4 Å². The first-order valence-electron chi connectivity index (χ1n) is 7.50. The van der Waals surface area contributed by atoms with Crippen molar-refractivity contribution < 1.29 is 5.11 Å². The molecule has 0 spiro atoms. The summed E-state index contributed by atoms with van der Waals surface area (Å²) >= 11 is 1.71. The standard InChI is InChI=1S/C16H25N3OS/c1-6-12-7-8-21-13(12)15-17-14(11(2)3)18-19(15)9-16(4,5)10-20/h7-8,11,20H,6,9-10H2,1-5H3. The Labute approximate surface area is 130 Å². The Kier molecular flexibility index (Phi) is 4.84. The molecule has 0 radical (unpaired) electrons. The smallest absolute Gasteiger partial charge is 0.168 e. The van der Waals surface area contributed by atoms with Crippen LogP contribution in [0.5, 0.6) is 0 Å². The predicted molar refractivity (Wildman–Crippen MR) is 87.7 cm³/mol. The number of aromatic nitrogens is 3. The molecule has 2 heterocycles. The molecule has 0 bridgehead atoms. The van der Waals surface area contributed by atoms with E-state index in [2.05, 4.69) is 37.3 Å². The van der Waals surface area contributed by atoms with Crippen molar-refractivity contribution in [3.05, 3.63) is 22.8 Å². The molecule has 21 heavy (non-hydrogen) atoms. The van der Waals surface area contributed by atoms with E-state index in [0.717, 1.165) is 18.1 Å². The summed E-state index contributed by atoms with van der Waals surface area (Å²) in [6.07, 6.45) is 0.992. The average molecular weight is 307 g/mol. The number of nitrogens with zero attached hydrogens (tertiary/aromatic N) is 3. The number of aryl methyl sites for hydroxylation is 1. The van der Waals surface area contributed by atoms with Crippen LogP contribution in [0.1, 0.15) is 51.9 Å². The van der Waals surface area contributed by atoms with Gasteiger partial charge in [-0.2, -0.15) is 5.10 Å². The largest absolute Gasteiger partial charge is 0.396 e. The molecule has 2 aromatic rings. The molecule has 1 N–H and O–H groups in total. The summed E-state index contributed by atoms with van der Waals surface area (Å²) in [5.41, 5.74) is 1.10. The quantitative estimate of drug-likeness (QED) is 0.885. The predicted octanol–water partition coefficient (Wildman–Crippen LogP) is 3.71. The fourth-order valence-corrected chi connectivity index (χ4v) is 3.14. The summed E-state index contributed by atoms with van der Waals surface area (Å²) in [5.74, 6) is 2.11. The molecule has 0 aliphatic rings. The zero-order valence-electron chi connectivity index (χ0n) is 13.6. The van der Waals surface area contributed by atoms with Crippen LogP contribution >= 0.6 is 11.3 Å². The molecule has 0 saturated heterocycles. The second kappa shape index (κ2) is 6.28. The van der Waals surface area contributed by atoms with E-state index in [9.17, 15) is 5.11 Å². The van der Waals surface area contributed by atoms with Gasteiger partial charge in [0.15, 0.2) is 11.6 Å². The van der Waals surface area contributed by atoms with Gasteiger partial charge in [0.25, 0.3) is 0 Å².